The number of hydrogen-bond acceptors (Lipinski definition) is 4. The fraction of sp³-hybridized carbons (Fsp3) is 0. The van der Waals surface area contributed by atoms with E-state index in [-0.39, 0.29) is 17.1 Å². The fourth-order valence-electron chi connectivity index (χ4n) is 0.676. The normalized spacial score (nSPS) is 9.45. The SMILES string of the molecule is Nc1nccc(C(=O)O)c1N. The summed E-state index contributed by atoms with van der Waals surface area (Å²) in [5.74, 6) is -1.05. The van der Waals surface area contributed by atoms with E-state index in [0.717, 1.165) is 0 Å². The molecule has 0 bridgehead atoms. The number of nitrogens with two attached hydrogens (primary N) is 2. The Hall–Kier alpha value is -1.78. The molecule has 0 saturated carbocycles. The zero-order valence-corrected chi connectivity index (χ0v) is 5.61. The summed E-state index contributed by atoms with van der Waals surface area (Å²) in [4.78, 5) is 14.0. The smallest absolute Gasteiger partial charge is 0.337 e. The van der Waals surface area contributed by atoms with Gasteiger partial charge in [0.25, 0.3) is 0 Å². The van der Waals surface area contributed by atoms with E-state index in [0.29, 0.717) is 0 Å². The lowest BCUT2D eigenvalue weighted by Gasteiger charge is -2.00. The van der Waals surface area contributed by atoms with Crippen LogP contribution in [0.5, 0.6) is 0 Å². The maximum atomic E-state index is 10.4. The zero-order chi connectivity index (χ0) is 8.43. The van der Waals surface area contributed by atoms with Crippen molar-refractivity contribution in [3.63, 3.8) is 0 Å². The molecule has 0 aliphatic carbocycles. The van der Waals surface area contributed by atoms with E-state index in [2.05, 4.69) is 4.98 Å². The van der Waals surface area contributed by atoms with Gasteiger partial charge in [-0.15, -0.1) is 0 Å². The lowest BCUT2D eigenvalue weighted by atomic mass is 10.2. The summed E-state index contributed by atoms with van der Waals surface area (Å²) >= 11 is 0. The summed E-state index contributed by atoms with van der Waals surface area (Å²) in [6.07, 6.45) is 1.30. The highest BCUT2D eigenvalue weighted by Crippen LogP contribution is 2.15. The second kappa shape index (κ2) is 2.45. The molecule has 0 unspecified atom stereocenters. The third kappa shape index (κ3) is 1.21. The monoisotopic (exact) mass is 153 g/mol. The van der Waals surface area contributed by atoms with E-state index in [4.69, 9.17) is 16.6 Å². The van der Waals surface area contributed by atoms with Gasteiger partial charge in [-0.2, -0.15) is 0 Å². The van der Waals surface area contributed by atoms with E-state index >= 15 is 0 Å². The summed E-state index contributed by atoms with van der Waals surface area (Å²) in [5.41, 5.74) is 10.6. The Balaban J connectivity index is 3.27. The molecule has 0 fully saturated rings. The number of hydrogen-bond donors (Lipinski definition) is 3. The van der Waals surface area contributed by atoms with Crippen molar-refractivity contribution in [1.82, 2.24) is 4.98 Å². The quantitative estimate of drug-likeness (QED) is 0.524. The number of nitrogen functional groups attached to an aromatic ring is 2. The molecule has 1 aromatic heterocycles. The highest BCUT2D eigenvalue weighted by molar-refractivity contribution is 5.95. The van der Waals surface area contributed by atoms with Crippen LogP contribution in [0.2, 0.25) is 0 Å². The van der Waals surface area contributed by atoms with Gasteiger partial charge in [-0.25, -0.2) is 9.78 Å². The van der Waals surface area contributed by atoms with Crippen molar-refractivity contribution in [3.8, 4) is 0 Å². The molecule has 5 nitrogen and oxygen atoms in total. The van der Waals surface area contributed by atoms with Gasteiger partial charge < -0.3 is 16.6 Å². The van der Waals surface area contributed by atoms with Crippen LogP contribution in [0, 0.1) is 0 Å². The lowest BCUT2D eigenvalue weighted by molar-refractivity contribution is 0.0698. The number of anilines is 2. The van der Waals surface area contributed by atoms with E-state index in [1.54, 1.807) is 0 Å². The van der Waals surface area contributed by atoms with Crippen molar-refractivity contribution in [1.29, 1.82) is 0 Å². The van der Waals surface area contributed by atoms with Gasteiger partial charge in [0.1, 0.15) is 5.82 Å². The molecule has 0 amide bonds. The van der Waals surface area contributed by atoms with Crippen molar-refractivity contribution < 1.29 is 9.90 Å². The molecule has 5 heteroatoms. The highest BCUT2D eigenvalue weighted by Gasteiger charge is 2.09. The first kappa shape index (κ1) is 7.33. The van der Waals surface area contributed by atoms with Crippen LogP contribution in [0.25, 0.3) is 0 Å². The minimum atomic E-state index is -1.10. The van der Waals surface area contributed by atoms with Crippen molar-refractivity contribution in [3.05, 3.63) is 17.8 Å². The zero-order valence-electron chi connectivity index (χ0n) is 5.61. The standard InChI is InChI=1S/C6H7N3O2/c7-4-3(6(10)11)1-2-9-5(4)8/h1-2H,7H2,(H2,8,9)(H,10,11). The van der Waals surface area contributed by atoms with E-state index in [1.165, 1.54) is 12.3 Å². The number of aromatic nitrogens is 1. The van der Waals surface area contributed by atoms with Crippen LogP contribution in [-0.2, 0) is 0 Å². The maximum absolute atomic E-state index is 10.4. The predicted molar refractivity (Wildman–Crippen MR) is 40.0 cm³/mol. The van der Waals surface area contributed by atoms with Crippen molar-refractivity contribution in [2.75, 3.05) is 11.5 Å². The highest BCUT2D eigenvalue weighted by atomic mass is 16.4. The topological polar surface area (TPSA) is 102 Å². The molecule has 0 aromatic carbocycles. The Labute approximate surface area is 62.7 Å². The fourth-order valence-corrected chi connectivity index (χ4v) is 0.676. The molecular formula is C6H7N3O2. The Morgan fingerprint density at radius 3 is 2.64 bits per heavy atom. The molecule has 0 atom stereocenters. The molecule has 58 valence electrons. The number of aromatic carboxylic acids is 1. The molecule has 5 N–H and O–H groups in total. The van der Waals surface area contributed by atoms with Gasteiger partial charge in [0.2, 0.25) is 0 Å². The van der Waals surface area contributed by atoms with Crippen LogP contribution in [0.15, 0.2) is 12.3 Å². The van der Waals surface area contributed by atoms with E-state index < -0.39 is 5.97 Å². The van der Waals surface area contributed by atoms with Gasteiger partial charge in [0.15, 0.2) is 0 Å². The number of carboxylic acids is 1. The second-order valence-electron chi connectivity index (χ2n) is 1.96. The van der Waals surface area contributed by atoms with E-state index in [1.807, 2.05) is 0 Å². The summed E-state index contributed by atoms with van der Waals surface area (Å²) in [5, 5.41) is 8.53. The number of nitrogens with zero attached hydrogens (tertiary/aromatic N) is 1. The van der Waals surface area contributed by atoms with Crippen molar-refractivity contribution in [2.45, 2.75) is 0 Å². The van der Waals surface area contributed by atoms with Gasteiger partial charge >= 0.3 is 5.97 Å². The maximum Gasteiger partial charge on any atom is 0.337 e. The van der Waals surface area contributed by atoms with Gasteiger partial charge in [0, 0.05) is 6.20 Å². The Kier molecular flexibility index (Phi) is 1.63. The van der Waals surface area contributed by atoms with Crippen LogP contribution in [0.4, 0.5) is 11.5 Å². The minimum absolute atomic E-state index is 0.0139. The van der Waals surface area contributed by atoms with Gasteiger partial charge in [-0.05, 0) is 6.07 Å². The average Bonchev–Trinajstić information content (AvgIpc) is 1.94. The molecule has 1 aromatic rings. The summed E-state index contributed by atoms with van der Waals surface area (Å²) in [6, 6.07) is 1.30. The van der Waals surface area contributed by atoms with Crippen molar-refractivity contribution in [2.24, 2.45) is 0 Å². The largest absolute Gasteiger partial charge is 0.478 e. The first-order valence-electron chi connectivity index (χ1n) is 2.86. The first-order valence-corrected chi connectivity index (χ1v) is 2.86. The molecule has 0 aliphatic heterocycles. The predicted octanol–water partition coefficient (Wildman–Crippen LogP) is -0.0558. The summed E-state index contributed by atoms with van der Waals surface area (Å²) < 4.78 is 0. The second-order valence-corrected chi connectivity index (χ2v) is 1.96. The Morgan fingerprint density at radius 1 is 1.55 bits per heavy atom. The molecule has 11 heavy (non-hydrogen) atoms. The molecule has 1 heterocycles. The average molecular weight is 153 g/mol. The van der Waals surface area contributed by atoms with E-state index in [9.17, 15) is 4.79 Å². The summed E-state index contributed by atoms with van der Waals surface area (Å²) in [6.45, 7) is 0. The number of pyridine rings is 1. The first-order chi connectivity index (χ1) is 5.13. The number of rotatable bonds is 1. The Bertz CT molecular complexity index is 298. The third-order valence-electron chi connectivity index (χ3n) is 1.25. The molecule has 0 aliphatic rings. The van der Waals surface area contributed by atoms with Gasteiger partial charge in [-0.3, -0.25) is 0 Å². The molecule has 1 rings (SSSR count). The number of carbonyl (C=O) groups is 1. The molecular weight excluding hydrogens is 146 g/mol. The van der Waals surface area contributed by atoms with Gasteiger partial charge in [0.05, 0.1) is 11.3 Å². The van der Waals surface area contributed by atoms with Crippen LogP contribution in [-0.4, -0.2) is 16.1 Å². The van der Waals surface area contributed by atoms with Crippen LogP contribution in [0.1, 0.15) is 10.4 Å². The number of carboxylic acid groups (broad SMARTS) is 1. The van der Waals surface area contributed by atoms with Gasteiger partial charge in [-0.1, -0.05) is 0 Å². The van der Waals surface area contributed by atoms with Crippen LogP contribution in [0.3, 0.4) is 0 Å². The lowest BCUT2D eigenvalue weighted by Crippen LogP contribution is -2.06. The minimum Gasteiger partial charge on any atom is -0.478 e. The third-order valence-corrected chi connectivity index (χ3v) is 1.25. The van der Waals surface area contributed by atoms with Crippen LogP contribution < -0.4 is 11.5 Å². The Morgan fingerprint density at radius 2 is 2.18 bits per heavy atom. The van der Waals surface area contributed by atoms with Crippen LogP contribution >= 0.6 is 0 Å². The molecule has 0 spiro atoms. The summed E-state index contributed by atoms with van der Waals surface area (Å²) in [7, 11) is 0. The van der Waals surface area contributed by atoms with Crippen molar-refractivity contribution >= 4 is 17.5 Å². The molecule has 0 radical (unpaired) electrons. The molecule has 0 saturated heterocycles.